The van der Waals surface area contributed by atoms with Gasteiger partial charge in [0.25, 0.3) is 0 Å². The lowest BCUT2D eigenvalue weighted by Gasteiger charge is -2.25. The van der Waals surface area contributed by atoms with Crippen LogP contribution in [0.3, 0.4) is 0 Å². The van der Waals surface area contributed by atoms with Crippen LogP contribution in [0.4, 0.5) is 0 Å². The number of rotatable bonds is 7. The molecule has 3 aromatic carbocycles. The molecule has 2 aromatic heterocycles. The van der Waals surface area contributed by atoms with Crippen LogP contribution in [-0.4, -0.2) is 20.3 Å². The van der Waals surface area contributed by atoms with Gasteiger partial charge in [-0.25, -0.2) is 4.98 Å². The number of pyridine rings is 1. The number of Topliss-reactive ketones (excluding diaryl/α,β-unsaturated/α-hetero) is 1. The number of carbonyl (C=O) groups is 1. The van der Waals surface area contributed by atoms with E-state index in [0.717, 1.165) is 57.8 Å². The summed E-state index contributed by atoms with van der Waals surface area (Å²) in [4.78, 5) is 21.6. The highest BCUT2D eigenvalue weighted by molar-refractivity contribution is 5.97. The maximum absolute atomic E-state index is 12.0. The Morgan fingerprint density at radius 1 is 0.895 bits per heavy atom. The van der Waals surface area contributed by atoms with Crippen molar-refractivity contribution in [2.45, 2.75) is 51.7 Å². The molecule has 2 heterocycles. The second-order valence-corrected chi connectivity index (χ2v) is 10.0. The van der Waals surface area contributed by atoms with E-state index in [0.29, 0.717) is 18.2 Å². The zero-order valence-corrected chi connectivity index (χ0v) is 21.6. The standard InChI is InChI=1S/C33H31N3O2/c1-23(37)26-16-19-31-30(21-26)35-33(36(31)28-12-6-3-7-13-28)25-14-17-29(18-15-25)38-22-27-11-8-20-34-32(27)24-9-4-2-5-10-24/h2,4-5,8-11,14-21,28H,3,6-7,12-13,22H2,1H3. The van der Waals surface area contributed by atoms with Gasteiger partial charge in [0, 0.05) is 34.5 Å². The molecule has 5 heteroatoms. The summed E-state index contributed by atoms with van der Waals surface area (Å²) in [7, 11) is 0. The molecule has 1 aliphatic carbocycles. The van der Waals surface area contributed by atoms with E-state index in [1.807, 2.05) is 54.7 Å². The van der Waals surface area contributed by atoms with Crippen molar-refractivity contribution in [1.82, 2.24) is 14.5 Å². The maximum atomic E-state index is 12.0. The van der Waals surface area contributed by atoms with Crippen molar-refractivity contribution in [3.05, 3.63) is 102 Å². The number of hydrogen-bond acceptors (Lipinski definition) is 4. The highest BCUT2D eigenvalue weighted by Gasteiger charge is 2.23. The van der Waals surface area contributed by atoms with Gasteiger partial charge in [-0.2, -0.15) is 0 Å². The van der Waals surface area contributed by atoms with Crippen molar-refractivity contribution >= 4 is 16.8 Å². The molecule has 1 saturated carbocycles. The minimum Gasteiger partial charge on any atom is -0.489 e. The van der Waals surface area contributed by atoms with E-state index in [2.05, 4.69) is 45.9 Å². The summed E-state index contributed by atoms with van der Waals surface area (Å²) in [5.41, 5.74) is 6.79. The molecule has 0 spiro atoms. The minimum absolute atomic E-state index is 0.0613. The van der Waals surface area contributed by atoms with Gasteiger partial charge < -0.3 is 9.30 Å². The van der Waals surface area contributed by atoms with Crippen molar-refractivity contribution in [3.8, 4) is 28.4 Å². The van der Waals surface area contributed by atoms with Crippen LogP contribution in [0.25, 0.3) is 33.7 Å². The van der Waals surface area contributed by atoms with E-state index in [9.17, 15) is 4.79 Å². The van der Waals surface area contributed by atoms with Gasteiger partial charge in [0.15, 0.2) is 5.78 Å². The minimum atomic E-state index is 0.0613. The number of hydrogen-bond donors (Lipinski definition) is 0. The lowest BCUT2D eigenvalue weighted by Crippen LogP contribution is -2.14. The fraction of sp³-hybridized carbons (Fsp3) is 0.242. The van der Waals surface area contributed by atoms with Crippen LogP contribution in [0, 0.1) is 0 Å². The van der Waals surface area contributed by atoms with E-state index in [1.165, 1.54) is 19.3 Å². The second-order valence-electron chi connectivity index (χ2n) is 10.0. The lowest BCUT2D eigenvalue weighted by atomic mass is 9.94. The SMILES string of the molecule is CC(=O)c1ccc2c(c1)nc(-c1ccc(OCc3cccnc3-c3ccccc3)cc1)n2C1CCCCC1. The molecule has 0 unspecified atom stereocenters. The molecule has 0 aliphatic heterocycles. The van der Waals surface area contributed by atoms with Gasteiger partial charge in [0.2, 0.25) is 0 Å². The number of ether oxygens (including phenoxy) is 1. The summed E-state index contributed by atoms with van der Waals surface area (Å²) >= 11 is 0. The molecule has 38 heavy (non-hydrogen) atoms. The summed E-state index contributed by atoms with van der Waals surface area (Å²) in [6.45, 7) is 2.04. The molecule has 0 N–H and O–H groups in total. The van der Waals surface area contributed by atoms with Crippen LogP contribution in [0.15, 0.2) is 91.1 Å². The lowest BCUT2D eigenvalue weighted by molar-refractivity contribution is 0.101. The van der Waals surface area contributed by atoms with Gasteiger partial charge in [-0.1, -0.05) is 55.7 Å². The van der Waals surface area contributed by atoms with Gasteiger partial charge in [-0.05, 0) is 68.3 Å². The van der Waals surface area contributed by atoms with Crippen molar-refractivity contribution in [2.24, 2.45) is 0 Å². The number of carbonyl (C=O) groups excluding carboxylic acids is 1. The molecule has 190 valence electrons. The Hall–Kier alpha value is -4.25. The van der Waals surface area contributed by atoms with Gasteiger partial charge in [-0.15, -0.1) is 0 Å². The summed E-state index contributed by atoms with van der Waals surface area (Å²) in [6, 6.07) is 28.7. The van der Waals surface area contributed by atoms with Crippen LogP contribution in [0.1, 0.15) is 61.0 Å². The normalized spacial score (nSPS) is 14.0. The van der Waals surface area contributed by atoms with Crippen molar-refractivity contribution in [1.29, 1.82) is 0 Å². The molecular formula is C33H31N3O2. The highest BCUT2D eigenvalue weighted by Crippen LogP contribution is 2.36. The molecular weight excluding hydrogens is 470 g/mol. The smallest absolute Gasteiger partial charge is 0.159 e. The van der Waals surface area contributed by atoms with Crippen LogP contribution in [0.2, 0.25) is 0 Å². The molecule has 0 saturated heterocycles. The van der Waals surface area contributed by atoms with Gasteiger partial charge >= 0.3 is 0 Å². The van der Waals surface area contributed by atoms with Crippen LogP contribution >= 0.6 is 0 Å². The third-order valence-electron chi connectivity index (χ3n) is 7.48. The number of benzene rings is 3. The summed E-state index contributed by atoms with van der Waals surface area (Å²) in [5.74, 6) is 1.82. The first kappa shape index (κ1) is 24.1. The first-order valence-corrected chi connectivity index (χ1v) is 13.4. The van der Waals surface area contributed by atoms with E-state index >= 15 is 0 Å². The number of aromatic nitrogens is 3. The molecule has 5 nitrogen and oxygen atoms in total. The Balaban J connectivity index is 1.28. The van der Waals surface area contributed by atoms with Gasteiger partial charge in [0.1, 0.15) is 18.2 Å². The Morgan fingerprint density at radius 2 is 1.68 bits per heavy atom. The molecule has 0 atom stereocenters. The quantitative estimate of drug-likeness (QED) is 0.212. The molecule has 0 bridgehead atoms. The number of nitrogens with zero attached hydrogens (tertiary/aromatic N) is 3. The fourth-order valence-electron chi connectivity index (χ4n) is 5.50. The monoisotopic (exact) mass is 501 g/mol. The third-order valence-corrected chi connectivity index (χ3v) is 7.48. The number of ketones is 1. The van der Waals surface area contributed by atoms with Crippen molar-refractivity contribution in [3.63, 3.8) is 0 Å². The zero-order valence-electron chi connectivity index (χ0n) is 21.6. The van der Waals surface area contributed by atoms with Crippen LogP contribution in [-0.2, 0) is 6.61 Å². The van der Waals surface area contributed by atoms with Crippen molar-refractivity contribution < 1.29 is 9.53 Å². The Morgan fingerprint density at radius 3 is 2.45 bits per heavy atom. The second kappa shape index (κ2) is 10.6. The average Bonchev–Trinajstić information content (AvgIpc) is 3.36. The maximum Gasteiger partial charge on any atom is 0.159 e. The average molecular weight is 502 g/mol. The van der Waals surface area contributed by atoms with E-state index in [-0.39, 0.29) is 5.78 Å². The molecule has 1 fully saturated rings. The van der Waals surface area contributed by atoms with Crippen LogP contribution in [0.5, 0.6) is 5.75 Å². The molecule has 0 amide bonds. The molecule has 0 radical (unpaired) electrons. The van der Waals surface area contributed by atoms with E-state index in [4.69, 9.17) is 9.72 Å². The predicted molar refractivity (Wildman–Crippen MR) is 151 cm³/mol. The third kappa shape index (κ3) is 4.84. The highest BCUT2D eigenvalue weighted by atomic mass is 16.5. The summed E-state index contributed by atoms with van der Waals surface area (Å²) < 4.78 is 8.59. The van der Waals surface area contributed by atoms with Crippen molar-refractivity contribution in [2.75, 3.05) is 0 Å². The largest absolute Gasteiger partial charge is 0.489 e. The number of fused-ring (bicyclic) bond motifs is 1. The van der Waals surface area contributed by atoms with E-state index < -0.39 is 0 Å². The first-order valence-electron chi connectivity index (χ1n) is 13.4. The van der Waals surface area contributed by atoms with Crippen LogP contribution < -0.4 is 4.74 Å². The molecule has 1 aliphatic rings. The number of imidazole rings is 1. The van der Waals surface area contributed by atoms with Gasteiger partial charge in [0.05, 0.1) is 16.7 Å². The fourth-order valence-corrected chi connectivity index (χ4v) is 5.50. The Bertz CT molecular complexity index is 1570. The predicted octanol–water partition coefficient (Wildman–Crippen LogP) is 8.05. The van der Waals surface area contributed by atoms with E-state index in [1.54, 1.807) is 6.92 Å². The van der Waals surface area contributed by atoms with Gasteiger partial charge in [-0.3, -0.25) is 9.78 Å². The Labute approximate surface area is 223 Å². The topological polar surface area (TPSA) is 57.0 Å². The summed E-state index contributed by atoms with van der Waals surface area (Å²) in [6.07, 6.45) is 7.90. The Kier molecular flexibility index (Phi) is 6.74. The molecule has 6 rings (SSSR count). The molecule has 5 aromatic rings. The zero-order chi connectivity index (χ0) is 25.9. The summed E-state index contributed by atoms with van der Waals surface area (Å²) in [5, 5.41) is 0. The first-order chi connectivity index (χ1) is 18.7.